The lowest BCUT2D eigenvalue weighted by atomic mass is 10.2. The first-order valence-electron chi connectivity index (χ1n) is 9.71. The van der Waals surface area contributed by atoms with Crippen molar-refractivity contribution in [2.45, 2.75) is 18.9 Å². The van der Waals surface area contributed by atoms with Crippen molar-refractivity contribution in [2.75, 3.05) is 48.8 Å². The molecule has 0 spiro atoms. The molecule has 0 radical (unpaired) electrons. The summed E-state index contributed by atoms with van der Waals surface area (Å²) in [5.41, 5.74) is 3.02. The van der Waals surface area contributed by atoms with E-state index in [1.807, 2.05) is 6.07 Å². The first kappa shape index (κ1) is 18.3. The van der Waals surface area contributed by atoms with Crippen LogP contribution in [0.2, 0.25) is 0 Å². The average Bonchev–Trinajstić information content (AvgIpc) is 3.53. The van der Waals surface area contributed by atoms with Crippen LogP contribution in [0.4, 0.5) is 23.1 Å². The van der Waals surface area contributed by atoms with Gasteiger partial charge in [0.2, 0.25) is 5.95 Å². The van der Waals surface area contributed by atoms with Crippen LogP contribution in [0.5, 0.6) is 0 Å². The maximum atomic E-state index is 8.78. The smallest absolute Gasteiger partial charge is 0.229 e. The Kier molecular flexibility index (Phi) is 5.40. The van der Waals surface area contributed by atoms with Gasteiger partial charge in [0.1, 0.15) is 5.82 Å². The maximum Gasteiger partial charge on any atom is 0.229 e. The van der Waals surface area contributed by atoms with E-state index >= 15 is 0 Å². The van der Waals surface area contributed by atoms with Crippen LogP contribution in [0, 0.1) is 11.3 Å². The van der Waals surface area contributed by atoms with Gasteiger partial charge in [0.15, 0.2) is 0 Å². The van der Waals surface area contributed by atoms with Crippen LogP contribution in [-0.4, -0.2) is 54.1 Å². The van der Waals surface area contributed by atoms with Crippen molar-refractivity contribution in [1.29, 1.82) is 5.26 Å². The number of nitrogens with zero attached hydrogens (tertiary/aromatic N) is 5. The predicted molar refractivity (Wildman–Crippen MR) is 113 cm³/mol. The monoisotopic (exact) mass is 375 g/mol. The molecule has 4 rings (SSSR count). The summed E-state index contributed by atoms with van der Waals surface area (Å²) in [6.45, 7) is 4.30. The van der Waals surface area contributed by atoms with Gasteiger partial charge in [0.05, 0.1) is 6.07 Å². The Balaban J connectivity index is 1.46. The zero-order valence-electron chi connectivity index (χ0n) is 16.1. The van der Waals surface area contributed by atoms with Crippen LogP contribution in [0.15, 0.2) is 36.5 Å². The average molecular weight is 375 g/mol. The number of nitriles is 1. The molecule has 7 nitrogen and oxygen atoms in total. The molecule has 0 unspecified atom stereocenters. The summed E-state index contributed by atoms with van der Waals surface area (Å²) in [7, 11) is 2.16. The molecule has 2 aromatic rings. The fourth-order valence-corrected chi connectivity index (χ4v) is 3.19. The number of aromatic nitrogens is 2. The second-order valence-corrected chi connectivity index (χ2v) is 7.34. The summed E-state index contributed by atoms with van der Waals surface area (Å²) in [4.78, 5) is 13.8. The van der Waals surface area contributed by atoms with E-state index in [0.717, 1.165) is 56.1 Å². The van der Waals surface area contributed by atoms with Crippen molar-refractivity contribution in [3.63, 3.8) is 0 Å². The van der Waals surface area contributed by atoms with Crippen LogP contribution in [0.3, 0.4) is 0 Å². The van der Waals surface area contributed by atoms with Crippen molar-refractivity contribution < 1.29 is 0 Å². The Morgan fingerprint density at radius 3 is 2.57 bits per heavy atom. The molecule has 1 aliphatic heterocycles. The van der Waals surface area contributed by atoms with E-state index in [9.17, 15) is 0 Å². The third-order valence-electron chi connectivity index (χ3n) is 5.06. The van der Waals surface area contributed by atoms with Gasteiger partial charge in [-0.1, -0.05) is 0 Å². The molecule has 2 N–H and O–H groups in total. The van der Waals surface area contributed by atoms with Crippen molar-refractivity contribution in [3.8, 4) is 6.07 Å². The molecule has 1 aromatic carbocycles. The van der Waals surface area contributed by atoms with Gasteiger partial charge in [-0.15, -0.1) is 0 Å². The Morgan fingerprint density at radius 2 is 1.89 bits per heavy atom. The minimum absolute atomic E-state index is 0.472. The Labute approximate surface area is 165 Å². The molecule has 0 bridgehead atoms. The molecule has 7 heteroatoms. The molecule has 144 valence electrons. The molecule has 1 aromatic heterocycles. The van der Waals surface area contributed by atoms with Crippen LogP contribution < -0.4 is 15.5 Å². The maximum absolute atomic E-state index is 8.78. The molecule has 1 saturated heterocycles. The van der Waals surface area contributed by atoms with Gasteiger partial charge in [-0.25, -0.2) is 4.98 Å². The molecule has 2 fully saturated rings. The highest BCUT2D eigenvalue weighted by Gasteiger charge is 2.22. The molecule has 2 aliphatic rings. The number of anilines is 4. The largest absolute Gasteiger partial charge is 0.369 e. The van der Waals surface area contributed by atoms with Crippen LogP contribution in [0.1, 0.15) is 18.4 Å². The fraction of sp³-hybridized carbons (Fsp3) is 0.381. The van der Waals surface area contributed by atoms with Crippen LogP contribution in [0.25, 0.3) is 6.08 Å². The number of hydrogen-bond donors (Lipinski definition) is 2. The second kappa shape index (κ2) is 8.28. The number of allylic oxidation sites excluding steroid dienone is 1. The normalized spacial score (nSPS) is 17.5. The van der Waals surface area contributed by atoms with Gasteiger partial charge in [-0.05, 0) is 50.2 Å². The van der Waals surface area contributed by atoms with Crippen LogP contribution in [-0.2, 0) is 0 Å². The van der Waals surface area contributed by atoms with E-state index in [4.69, 9.17) is 5.26 Å². The van der Waals surface area contributed by atoms with Gasteiger partial charge < -0.3 is 20.4 Å². The molecule has 0 atom stereocenters. The third-order valence-corrected chi connectivity index (χ3v) is 5.06. The second-order valence-electron chi connectivity index (χ2n) is 7.34. The third kappa shape index (κ3) is 4.59. The standard InChI is InChI=1S/C21H25N7/c1-27-11-13-28(14-12-27)19-8-6-18(7-9-19)25-21-23-15-16(3-2-10-22)20(26-21)24-17-4-5-17/h2-3,6-9,15,17H,4-5,11-14H2,1H3,(H2,23,24,25,26). The number of hydrogen-bond acceptors (Lipinski definition) is 7. The first-order valence-corrected chi connectivity index (χ1v) is 9.71. The lowest BCUT2D eigenvalue weighted by Gasteiger charge is -2.34. The number of piperazine rings is 1. The number of benzene rings is 1. The summed E-state index contributed by atoms with van der Waals surface area (Å²) >= 11 is 0. The van der Waals surface area contributed by atoms with E-state index in [1.165, 1.54) is 11.8 Å². The van der Waals surface area contributed by atoms with Gasteiger partial charge in [-0.2, -0.15) is 10.2 Å². The molecular formula is C21H25N7. The molecular weight excluding hydrogens is 350 g/mol. The van der Waals surface area contributed by atoms with E-state index in [-0.39, 0.29) is 0 Å². The van der Waals surface area contributed by atoms with E-state index < -0.39 is 0 Å². The first-order chi connectivity index (χ1) is 13.7. The number of likely N-dealkylation sites (N-methyl/N-ethyl adjacent to an activating group) is 1. The highest BCUT2D eigenvalue weighted by atomic mass is 15.2. The summed E-state index contributed by atoms with van der Waals surface area (Å²) in [5, 5.41) is 15.5. The summed E-state index contributed by atoms with van der Waals surface area (Å²) in [6, 6.07) is 10.9. The Hall–Kier alpha value is -3.11. The lowest BCUT2D eigenvalue weighted by molar-refractivity contribution is 0.313. The summed E-state index contributed by atoms with van der Waals surface area (Å²) < 4.78 is 0. The molecule has 1 saturated carbocycles. The predicted octanol–water partition coefficient (Wildman–Crippen LogP) is 3.08. The summed E-state index contributed by atoms with van der Waals surface area (Å²) in [5.74, 6) is 1.31. The van der Waals surface area contributed by atoms with Crippen molar-refractivity contribution in [3.05, 3.63) is 42.1 Å². The zero-order valence-corrected chi connectivity index (χ0v) is 16.1. The van der Waals surface area contributed by atoms with E-state index in [1.54, 1.807) is 12.3 Å². The van der Waals surface area contributed by atoms with E-state index in [0.29, 0.717) is 12.0 Å². The lowest BCUT2D eigenvalue weighted by Crippen LogP contribution is -2.44. The van der Waals surface area contributed by atoms with Crippen molar-refractivity contribution in [2.24, 2.45) is 0 Å². The molecule has 2 heterocycles. The zero-order chi connectivity index (χ0) is 19.3. The minimum atomic E-state index is 0.472. The van der Waals surface area contributed by atoms with Crippen LogP contribution >= 0.6 is 0 Å². The van der Waals surface area contributed by atoms with Gasteiger partial charge in [-0.3, -0.25) is 0 Å². The van der Waals surface area contributed by atoms with E-state index in [2.05, 4.69) is 61.7 Å². The molecule has 1 aliphatic carbocycles. The van der Waals surface area contributed by atoms with Gasteiger partial charge in [0.25, 0.3) is 0 Å². The summed E-state index contributed by atoms with van der Waals surface area (Å²) in [6.07, 6.45) is 7.23. The highest BCUT2D eigenvalue weighted by molar-refractivity contribution is 5.67. The van der Waals surface area contributed by atoms with Gasteiger partial charge in [0, 0.05) is 61.4 Å². The quantitative estimate of drug-likeness (QED) is 0.751. The number of nitrogens with one attached hydrogen (secondary N) is 2. The minimum Gasteiger partial charge on any atom is -0.369 e. The van der Waals surface area contributed by atoms with Gasteiger partial charge >= 0.3 is 0 Å². The SMILES string of the molecule is CN1CCN(c2ccc(Nc3ncc(C=CC#N)c(NC4CC4)n3)cc2)CC1. The topological polar surface area (TPSA) is 80.1 Å². The van der Waals surface area contributed by atoms with Crippen molar-refractivity contribution >= 4 is 29.2 Å². The fourth-order valence-electron chi connectivity index (χ4n) is 3.19. The Bertz CT molecular complexity index is 873. The molecule has 0 amide bonds. The Morgan fingerprint density at radius 1 is 1.14 bits per heavy atom. The molecule has 28 heavy (non-hydrogen) atoms. The van der Waals surface area contributed by atoms with Crippen molar-refractivity contribution in [1.82, 2.24) is 14.9 Å². The highest BCUT2D eigenvalue weighted by Crippen LogP contribution is 2.27. The number of rotatable bonds is 6.